The molecule has 2 N–H and O–H groups in total. The van der Waals surface area contributed by atoms with Gasteiger partial charge >= 0.3 is 12.1 Å². The van der Waals surface area contributed by atoms with E-state index in [-0.39, 0.29) is 6.42 Å². The van der Waals surface area contributed by atoms with Gasteiger partial charge in [0.25, 0.3) is 0 Å². The van der Waals surface area contributed by atoms with Crippen molar-refractivity contribution >= 4 is 34.1 Å². The second kappa shape index (κ2) is 16.9. The monoisotopic (exact) mass is 657 g/mol. The number of carboxylic acid groups (broad SMARTS) is 1. The lowest BCUT2D eigenvalue weighted by Crippen LogP contribution is -2.42. The molecule has 3 rings (SSSR count). The summed E-state index contributed by atoms with van der Waals surface area (Å²) >= 11 is 0. The topological polar surface area (TPSA) is 117 Å². The second-order valence-corrected chi connectivity index (χ2v) is 12.4. The molecule has 0 spiro atoms. The zero-order valence-electron chi connectivity index (χ0n) is 25.8. The summed E-state index contributed by atoms with van der Waals surface area (Å²) in [5.74, 6) is -0.314. The average molecular weight is 658 g/mol. The van der Waals surface area contributed by atoms with Gasteiger partial charge in [-0.15, -0.1) is 0 Å². The highest BCUT2D eigenvalue weighted by Gasteiger charge is 2.31. The minimum absolute atomic E-state index is 0.221. The van der Waals surface area contributed by atoms with Gasteiger partial charge in [0, 0.05) is 11.8 Å². The Labute approximate surface area is 267 Å². The van der Waals surface area contributed by atoms with E-state index in [4.69, 9.17) is 4.74 Å². The predicted molar refractivity (Wildman–Crippen MR) is 174 cm³/mol. The van der Waals surface area contributed by atoms with Crippen molar-refractivity contribution < 1.29 is 36.2 Å². The van der Waals surface area contributed by atoms with Crippen molar-refractivity contribution in [1.29, 1.82) is 0 Å². The minimum Gasteiger partial charge on any atom is -0.494 e. The summed E-state index contributed by atoms with van der Waals surface area (Å²) in [6.07, 6.45) is 2.67. The number of halogens is 3. The number of ether oxygens (including phenoxy) is 1. The Morgan fingerprint density at radius 1 is 0.957 bits per heavy atom. The normalized spacial score (nSPS) is 13.3. The van der Waals surface area contributed by atoms with Crippen LogP contribution in [-0.2, 0) is 27.4 Å². The molecule has 1 atom stereocenters. The molecule has 12 heteroatoms. The number of benzene rings is 3. The van der Waals surface area contributed by atoms with Gasteiger partial charge in [0.1, 0.15) is 11.8 Å². The molecule has 0 saturated heterocycles. The van der Waals surface area contributed by atoms with Gasteiger partial charge in [-0.3, -0.25) is 4.79 Å². The molecule has 0 saturated carbocycles. The molecule has 0 amide bonds. The van der Waals surface area contributed by atoms with Crippen molar-refractivity contribution in [2.24, 2.45) is 9.98 Å². The molecule has 8 nitrogen and oxygen atoms in total. The maximum Gasteiger partial charge on any atom is 0.416 e. The summed E-state index contributed by atoms with van der Waals surface area (Å²) in [6, 6.07) is 15.5. The summed E-state index contributed by atoms with van der Waals surface area (Å²) < 4.78 is 71.8. The first kappa shape index (κ1) is 36.2. The Morgan fingerprint density at radius 3 is 2.13 bits per heavy atom. The third-order valence-corrected chi connectivity index (χ3v) is 8.58. The third kappa shape index (κ3) is 11.0. The third-order valence-electron chi connectivity index (χ3n) is 7.10. The van der Waals surface area contributed by atoms with Crippen molar-refractivity contribution in [3.8, 4) is 5.75 Å². The van der Waals surface area contributed by atoms with Crippen molar-refractivity contribution in [1.82, 2.24) is 4.72 Å². The van der Waals surface area contributed by atoms with Gasteiger partial charge in [-0.25, -0.2) is 18.4 Å². The van der Waals surface area contributed by atoms with E-state index in [1.54, 1.807) is 30.5 Å². The summed E-state index contributed by atoms with van der Waals surface area (Å²) in [5, 5.41) is 9.65. The molecule has 0 bridgehead atoms. The SMILES string of the molecule is C=N/C(=N\C=C(/C)c1ccc(OCCCCCCC)cc1)c1ccc(C[C@H](NS(=O)(=O)c2ccc(C(F)(F)F)cc2)C(=O)O)cc1. The number of rotatable bonds is 16. The first-order valence-electron chi connectivity index (χ1n) is 14.8. The highest BCUT2D eigenvalue weighted by molar-refractivity contribution is 7.89. The lowest BCUT2D eigenvalue weighted by Gasteiger charge is -2.16. The van der Waals surface area contributed by atoms with Gasteiger partial charge < -0.3 is 9.84 Å². The maximum absolute atomic E-state index is 12.8. The highest BCUT2D eigenvalue weighted by atomic mass is 32.2. The lowest BCUT2D eigenvalue weighted by atomic mass is 10.0. The second-order valence-electron chi connectivity index (χ2n) is 10.6. The molecular formula is C34H38F3N3O5S. The van der Waals surface area contributed by atoms with Crippen LogP contribution in [0.2, 0.25) is 0 Å². The number of alkyl halides is 3. The van der Waals surface area contributed by atoms with Crippen LogP contribution in [0.4, 0.5) is 13.2 Å². The molecule has 0 aliphatic heterocycles. The molecule has 0 unspecified atom stereocenters. The molecule has 3 aromatic carbocycles. The van der Waals surface area contributed by atoms with Crippen molar-refractivity contribution in [3.05, 3.63) is 101 Å². The van der Waals surface area contributed by atoms with Crippen LogP contribution in [-0.4, -0.2) is 44.7 Å². The van der Waals surface area contributed by atoms with Gasteiger partial charge in [-0.2, -0.15) is 17.9 Å². The van der Waals surface area contributed by atoms with Crippen molar-refractivity contribution in [3.63, 3.8) is 0 Å². The Morgan fingerprint density at radius 2 is 1.57 bits per heavy atom. The molecular weight excluding hydrogens is 619 g/mol. The number of carbonyl (C=O) groups is 1. The number of sulfonamides is 1. The Bertz CT molecular complexity index is 1620. The highest BCUT2D eigenvalue weighted by Crippen LogP contribution is 2.29. The number of aliphatic carboxylic acids is 1. The van der Waals surface area contributed by atoms with Gasteiger partial charge in [0.2, 0.25) is 10.0 Å². The van der Waals surface area contributed by atoms with E-state index in [1.165, 1.54) is 19.3 Å². The van der Waals surface area contributed by atoms with E-state index in [0.29, 0.717) is 35.7 Å². The number of nitrogens with zero attached hydrogens (tertiary/aromatic N) is 2. The van der Waals surface area contributed by atoms with Gasteiger partial charge in [0.15, 0.2) is 5.84 Å². The van der Waals surface area contributed by atoms with Gasteiger partial charge in [0.05, 0.1) is 17.1 Å². The molecule has 0 aromatic heterocycles. The number of nitrogens with one attached hydrogen (secondary N) is 1. The number of allylic oxidation sites excluding steroid dienone is 1. The number of hydrogen-bond donors (Lipinski definition) is 2. The van der Waals surface area contributed by atoms with Crippen LogP contribution in [0.5, 0.6) is 5.75 Å². The number of amidine groups is 1. The molecule has 0 heterocycles. The van der Waals surface area contributed by atoms with Gasteiger partial charge in [-0.1, -0.05) is 69.0 Å². The Balaban J connectivity index is 1.64. The number of aliphatic imine (C=N–C) groups is 2. The zero-order chi connectivity index (χ0) is 33.7. The molecule has 0 fully saturated rings. The summed E-state index contributed by atoms with van der Waals surface area (Å²) in [6.45, 7) is 8.37. The van der Waals surface area contributed by atoms with Crippen LogP contribution in [0, 0.1) is 0 Å². The quantitative estimate of drug-likeness (QED) is 0.0938. The fourth-order valence-electron chi connectivity index (χ4n) is 4.43. The average Bonchev–Trinajstić information content (AvgIpc) is 3.03. The van der Waals surface area contributed by atoms with Crippen LogP contribution in [0.15, 0.2) is 93.9 Å². The van der Waals surface area contributed by atoms with E-state index in [9.17, 15) is 31.5 Å². The standard InChI is InChI=1S/C34H38F3N3O5S/c1-4-5-6-7-8-21-45-29-17-13-26(14-18-29)24(2)23-39-32(38-3)27-11-9-25(10-12-27)22-31(33(41)42)40-46(43,44)30-19-15-28(16-20-30)34(35,36)37/h9-20,23,31,40H,3-8,21-22H2,1-2H3,(H,41,42)/b24-23+,39-32-/t31-/m0/s1. The van der Waals surface area contributed by atoms with E-state index in [0.717, 1.165) is 41.9 Å². The van der Waals surface area contributed by atoms with Gasteiger partial charge in [-0.05, 0) is 79.6 Å². The molecule has 246 valence electrons. The first-order valence-corrected chi connectivity index (χ1v) is 16.3. The summed E-state index contributed by atoms with van der Waals surface area (Å²) in [4.78, 5) is 19.8. The number of carboxylic acids is 1. The molecule has 3 aromatic rings. The number of unbranched alkanes of at least 4 members (excludes halogenated alkanes) is 4. The smallest absolute Gasteiger partial charge is 0.416 e. The zero-order valence-corrected chi connectivity index (χ0v) is 26.6. The van der Waals surface area contributed by atoms with Crippen LogP contribution in [0.1, 0.15) is 68.2 Å². The Kier molecular flexibility index (Phi) is 13.3. The largest absolute Gasteiger partial charge is 0.494 e. The molecule has 0 aliphatic carbocycles. The molecule has 0 radical (unpaired) electrons. The minimum atomic E-state index is -4.64. The summed E-state index contributed by atoms with van der Waals surface area (Å²) in [7, 11) is -4.42. The lowest BCUT2D eigenvalue weighted by molar-refractivity contribution is -0.139. The van der Waals surface area contributed by atoms with E-state index < -0.39 is 38.7 Å². The number of hydrogen-bond acceptors (Lipinski definition) is 5. The van der Waals surface area contributed by atoms with Crippen LogP contribution in [0.3, 0.4) is 0 Å². The molecule has 46 heavy (non-hydrogen) atoms. The van der Waals surface area contributed by atoms with Crippen LogP contribution < -0.4 is 9.46 Å². The Hall–Kier alpha value is -4.29. The van der Waals surface area contributed by atoms with Crippen molar-refractivity contribution in [2.45, 2.75) is 69.5 Å². The van der Waals surface area contributed by atoms with E-state index in [2.05, 4.69) is 28.3 Å². The molecule has 0 aliphatic rings. The van der Waals surface area contributed by atoms with Crippen LogP contribution >= 0.6 is 0 Å². The predicted octanol–water partition coefficient (Wildman–Crippen LogP) is 7.54. The van der Waals surface area contributed by atoms with Crippen molar-refractivity contribution in [2.75, 3.05) is 6.61 Å². The maximum atomic E-state index is 12.8. The first-order chi connectivity index (χ1) is 21.8. The fraction of sp³-hybridized carbons (Fsp3) is 0.324. The van der Waals surface area contributed by atoms with E-state index in [1.807, 2.05) is 31.2 Å². The van der Waals surface area contributed by atoms with Crippen LogP contribution in [0.25, 0.3) is 5.57 Å². The summed E-state index contributed by atoms with van der Waals surface area (Å²) in [5.41, 5.74) is 1.91. The fourth-order valence-corrected chi connectivity index (χ4v) is 5.62. The van der Waals surface area contributed by atoms with E-state index >= 15 is 0 Å².